The van der Waals surface area contributed by atoms with Crippen LogP contribution in [0.5, 0.6) is 11.5 Å². The van der Waals surface area contributed by atoms with Crippen molar-refractivity contribution in [1.82, 2.24) is 30.5 Å². The van der Waals surface area contributed by atoms with E-state index in [-0.39, 0.29) is 42.4 Å². The number of amides is 2. The van der Waals surface area contributed by atoms with Gasteiger partial charge in [-0.25, -0.2) is 4.68 Å². The van der Waals surface area contributed by atoms with Crippen molar-refractivity contribution in [2.75, 3.05) is 20.2 Å². The molecule has 3 heterocycles. The minimum atomic E-state index is -4.83. The summed E-state index contributed by atoms with van der Waals surface area (Å²) in [5, 5.41) is 14.4. The number of nitrogens with zero attached hydrogens (tertiary/aromatic N) is 4. The van der Waals surface area contributed by atoms with Crippen LogP contribution in [-0.4, -0.2) is 70.4 Å². The van der Waals surface area contributed by atoms with Gasteiger partial charge in [-0.1, -0.05) is 41.6 Å². The number of fused-ring (bicyclic) bond motifs is 1. The molecule has 0 radical (unpaired) electrons. The number of carbonyl (C=O) groups is 2. The molecule has 0 unspecified atom stereocenters. The number of aryl methyl sites for hydroxylation is 1. The molecule has 6 rings (SSSR count). The standard InChI is InChI=1S/C33H35F3N6O4/c1-41-28-12-9-21(14-26(28)39-40-41)17-38-31(43)29-15-22(13-20-7-10-24(45-2)11-8-20)19-42(29)32(44)27-16-23(18-37-27)25-5-3-4-6-30(25)46-33(34,35)36/h3-12,14,22-23,27,29,37H,13,15-19H2,1-2H3,(H,38,43)/t22-,23-,27-,29+/m1/s1. The molecule has 0 aliphatic carbocycles. The first-order valence-corrected chi connectivity index (χ1v) is 15.2. The number of alkyl halides is 3. The van der Waals surface area contributed by atoms with Gasteiger partial charge in [0.15, 0.2) is 0 Å². The van der Waals surface area contributed by atoms with Crippen LogP contribution < -0.4 is 20.1 Å². The molecule has 46 heavy (non-hydrogen) atoms. The maximum atomic E-state index is 14.0. The number of carbonyl (C=O) groups excluding carboxylic acids is 2. The van der Waals surface area contributed by atoms with E-state index in [4.69, 9.17) is 4.74 Å². The highest BCUT2D eigenvalue weighted by Gasteiger charge is 2.44. The second-order valence-electron chi connectivity index (χ2n) is 11.9. The number of ether oxygens (including phenoxy) is 2. The first-order chi connectivity index (χ1) is 22.1. The average Bonchev–Trinajstić information content (AvgIpc) is 3.79. The Kier molecular flexibility index (Phi) is 8.85. The Hall–Kier alpha value is -4.65. The maximum absolute atomic E-state index is 14.0. The van der Waals surface area contributed by atoms with Gasteiger partial charge in [0, 0.05) is 32.6 Å². The monoisotopic (exact) mass is 636 g/mol. The molecule has 0 bridgehead atoms. The topological polar surface area (TPSA) is 111 Å². The van der Waals surface area contributed by atoms with Crippen molar-refractivity contribution in [3.63, 3.8) is 0 Å². The smallest absolute Gasteiger partial charge is 0.497 e. The molecule has 4 atom stereocenters. The molecule has 13 heteroatoms. The van der Waals surface area contributed by atoms with E-state index in [1.54, 1.807) is 35.9 Å². The molecule has 3 aromatic carbocycles. The van der Waals surface area contributed by atoms with Gasteiger partial charge in [0.25, 0.3) is 0 Å². The number of rotatable bonds is 9. The average molecular weight is 637 g/mol. The molecule has 4 aromatic rings. The van der Waals surface area contributed by atoms with E-state index in [2.05, 4.69) is 25.7 Å². The zero-order chi connectivity index (χ0) is 32.4. The molecule has 2 fully saturated rings. The molecule has 1 aromatic heterocycles. The number of aromatic nitrogens is 3. The number of hydrogen-bond acceptors (Lipinski definition) is 7. The van der Waals surface area contributed by atoms with Crippen LogP contribution in [0.4, 0.5) is 13.2 Å². The number of para-hydroxylation sites is 1. The Morgan fingerprint density at radius 3 is 2.57 bits per heavy atom. The fraction of sp³-hybridized carbons (Fsp3) is 0.394. The van der Waals surface area contributed by atoms with Crippen LogP contribution in [-0.2, 0) is 29.6 Å². The van der Waals surface area contributed by atoms with Crippen LogP contribution in [0.2, 0.25) is 0 Å². The summed E-state index contributed by atoms with van der Waals surface area (Å²) in [6.07, 6.45) is -3.40. The van der Waals surface area contributed by atoms with Gasteiger partial charge in [0.2, 0.25) is 11.8 Å². The van der Waals surface area contributed by atoms with Gasteiger partial charge in [-0.05, 0) is 72.2 Å². The molecule has 10 nitrogen and oxygen atoms in total. The van der Waals surface area contributed by atoms with E-state index in [1.165, 1.54) is 12.1 Å². The van der Waals surface area contributed by atoms with Crippen LogP contribution in [0, 0.1) is 5.92 Å². The normalized spacial score (nSPS) is 21.5. The van der Waals surface area contributed by atoms with Crippen molar-refractivity contribution >= 4 is 22.8 Å². The van der Waals surface area contributed by atoms with Crippen molar-refractivity contribution < 1.29 is 32.2 Å². The summed E-state index contributed by atoms with van der Waals surface area (Å²) in [6.45, 7) is 0.942. The van der Waals surface area contributed by atoms with Crippen LogP contribution >= 0.6 is 0 Å². The lowest BCUT2D eigenvalue weighted by molar-refractivity contribution is -0.275. The summed E-state index contributed by atoms with van der Waals surface area (Å²) in [6, 6.07) is 18.0. The van der Waals surface area contributed by atoms with E-state index in [0.717, 1.165) is 27.9 Å². The Morgan fingerprint density at radius 2 is 1.80 bits per heavy atom. The van der Waals surface area contributed by atoms with Gasteiger partial charge < -0.3 is 25.0 Å². The van der Waals surface area contributed by atoms with Crippen LogP contribution in [0.3, 0.4) is 0 Å². The van der Waals surface area contributed by atoms with Crippen molar-refractivity contribution in [1.29, 1.82) is 0 Å². The highest BCUT2D eigenvalue weighted by atomic mass is 19.4. The summed E-state index contributed by atoms with van der Waals surface area (Å²) in [5.41, 5.74) is 3.90. The third-order valence-electron chi connectivity index (χ3n) is 8.81. The summed E-state index contributed by atoms with van der Waals surface area (Å²) in [5.74, 6) is -0.366. The minimum absolute atomic E-state index is 0.0298. The Bertz CT molecular complexity index is 1710. The molecule has 2 aliphatic rings. The van der Waals surface area contributed by atoms with Crippen molar-refractivity contribution in [2.45, 2.75) is 50.2 Å². The minimum Gasteiger partial charge on any atom is -0.497 e. The van der Waals surface area contributed by atoms with Gasteiger partial charge in [-0.2, -0.15) is 0 Å². The Balaban J connectivity index is 1.17. The molecule has 2 aliphatic heterocycles. The zero-order valence-corrected chi connectivity index (χ0v) is 25.5. The fourth-order valence-electron chi connectivity index (χ4n) is 6.56. The second-order valence-corrected chi connectivity index (χ2v) is 11.9. The van der Waals surface area contributed by atoms with Crippen molar-refractivity contribution in [2.24, 2.45) is 13.0 Å². The lowest BCUT2D eigenvalue weighted by Crippen LogP contribution is -2.51. The molecule has 0 spiro atoms. The van der Waals surface area contributed by atoms with Crippen LogP contribution in [0.15, 0.2) is 66.7 Å². The second kappa shape index (κ2) is 13.0. The van der Waals surface area contributed by atoms with Crippen LogP contribution in [0.1, 0.15) is 35.4 Å². The Morgan fingerprint density at radius 1 is 1.04 bits per heavy atom. The third-order valence-corrected chi connectivity index (χ3v) is 8.81. The van der Waals surface area contributed by atoms with E-state index in [9.17, 15) is 22.8 Å². The van der Waals surface area contributed by atoms with Crippen LogP contribution in [0.25, 0.3) is 11.0 Å². The van der Waals surface area contributed by atoms with Gasteiger partial charge >= 0.3 is 6.36 Å². The summed E-state index contributed by atoms with van der Waals surface area (Å²) in [4.78, 5) is 29.3. The molecule has 0 saturated carbocycles. The maximum Gasteiger partial charge on any atom is 0.573 e. The van der Waals surface area contributed by atoms with E-state index in [0.29, 0.717) is 31.5 Å². The molecule has 2 amide bonds. The van der Waals surface area contributed by atoms with Gasteiger partial charge in [0.05, 0.1) is 18.7 Å². The largest absolute Gasteiger partial charge is 0.573 e. The number of likely N-dealkylation sites (tertiary alicyclic amines) is 1. The third kappa shape index (κ3) is 6.94. The van der Waals surface area contributed by atoms with Gasteiger partial charge in [-0.15, -0.1) is 18.3 Å². The molecular formula is C33H35F3N6O4. The number of hydrogen-bond donors (Lipinski definition) is 2. The number of methoxy groups -OCH3 is 1. The molecule has 242 valence electrons. The number of nitrogens with one attached hydrogen (secondary N) is 2. The SMILES string of the molecule is COc1ccc(C[C@@H]2C[C@@H](C(=O)NCc3ccc4c(c3)nnn4C)N(C(=O)[C@H]3C[C@@H](c4ccccc4OC(F)(F)F)CN3)C2)cc1. The number of halogens is 3. The van der Waals surface area contributed by atoms with Crippen molar-refractivity contribution in [3.05, 3.63) is 83.4 Å². The predicted octanol–water partition coefficient (Wildman–Crippen LogP) is 4.10. The first-order valence-electron chi connectivity index (χ1n) is 15.2. The predicted molar refractivity (Wildman–Crippen MR) is 163 cm³/mol. The fourth-order valence-corrected chi connectivity index (χ4v) is 6.56. The summed E-state index contributed by atoms with van der Waals surface area (Å²) >= 11 is 0. The van der Waals surface area contributed by atoms with E-state index < -0.39 is 18.4 Å². The molecule has 2 N–H and O–H groups in total. The highest BCUT2D eigenvalue weighted by Crippen LogP contribution is 2.37. The first kappa shape index (κ1) is 31.3. The quantitative estimate of drug-likeness (QED) is 0.285. The lowest BCUT2D eigenvalue weighted by atomic mass is 9.95. The molecular weight excluding hydrogens is 601 g/mol. The zero-order valence-electron chi connectivity index (χ0n) is 25.5. The summed E-state index contributed by atoms with van der Waals surface area (Å²) in [7, 11) is 3.41. The van der Waals surface area contributed by atoms with E-state index in [1.807, 2.05) is 42.5 Å². The summed E-state index contributed by atoms with van der Waals surface area (Å²) < 4.78 is 50.4. The van der Waals surface area contributed by atoms with Crippen molar-refractivity contribution in [3.8, 4) is 11.5 Å². The Labute approximate surface area is 263 Å². The highest BCUT2D eigenvalue weighted by molar-refractivity contribution is 5.91. The lowest BCUT2D eigenvalue weighted by Gasteiger charge is -2.27. The molecule has 2 saturated heterocycles. The van der Waals surface area contributed by atoms with Gasteiger partial charge in [-0.3, -0.25) is 9.59 Å². The van der Waals surface area contributed by atoms with E-state index >= 15 is 0 Å². The van der Waals surface area contributed by atoms with Gasteiger partial charge in [0.1, 0.15) is 23.1 Å². The number of benzene rings is 3.